The van der Waals surface area contributed by atoms with Crippen LogP contribution in [-0.4, -0.2) is 29.8 Å². The van der Waals surface area contributed by atoms with E-state index in [0.717, 1.165) is 5.75 Å². The Morgan fingerprint density at radius 3 is 2.15 bits per heavy atom. The summed E-state index contributed by atoms with van der Waals surface area (Å²) in [6, 6.07) is 0.704. The van der Waals surface area contributed by atoms with Gasteiger partial charge in [-0.05, 0) is 45.5 Å². The van der Waals surface area contributed by atoms with Crippen LogP contribution in [-0.2, 0) is 0 Å². The van der Waals surface area contributed by atoms with E-state index in [1.54, 1.807) is 0 Å². The van der Waals surface area contributed by atoms with Gasteiger partial charge in [0.2, 0.25) is 0 Å². The second kappa shape index (κ2) is 8.89. The molecule has 0 rings (SSSR count). The van der Waals surface area contributed by atoms with E-state index in [2.05, 4.69) is 38.3 Å². The van der Waals surface area contributed by atoms with Crippen molar-refractivity contribution in [2.45, 2.75) is 52.5 Å². The van der Waals surface area contributed by atoms with Gasteiger partial charge in [-0.2, -0.15) is 12.6 Å². The normalized spacial score (nSPS) is 11.5. The topological polar surface area (TPSA) is 3.24 Å². The fourth-order valence-corrected chi connectivity index (χ4v) is 1.79. The molecule has 0 aromatic rings. The van der Waals surface area contributed by atoms with Crippen LogP contribution in [0.3, 0.4) is 0 Å². The van der Waals surface area contributed by atoms with E-state index in [-0.39, 0.29) is 0 Å². The van der Waals surface area contributed by atoms with E-state index in [9.17, 15) is 0 Å². The van der Waals surface area contributed by atoms with Gasteiger partial charge in [-0.3, -0.25) is 0 Å². The minimum absolute atomic E-state index is 0.704. The second-order valence-electron chi connectivity index (χ2n) is 3.86. The summed E-state index contributed by atoms with van der Waals surface area (Å²) >= 11 is 4.20. The first kappa shape index (κ1) is 13.3. The lowest BCUT2D eigenvalue weighted by Gasteiger charge is -2.24. The number of thiol groups is 1. The zero-order valence-corrected chi connectivity index (χ0v) is 10.3. The molecule has 0 fully saturated rings. The largest absolute Gasteiger partial charge is 0.301 e. The molecule has 0 aromatic carbocycles. The van der Waals surface area contributed by atoms with Crippen LogP contribution < -0.4 is 0 Å². The molecule has 0 bridgehead atoms. The molecule has 0 radical (unpaired) electrons. The lowest BCUT2D eigenvalue weighted by atomic mass is 10.2. The molecule has 0 spiro atoms. The third-order valence-corrected chi connectivity index (χ3v) is 2.81. The van der Waals surface area contributed by atoms with Crippen LogP contribution >= 0.6 is 12.6 Å². The van der Waals surface area contributed by atoms with Crippen LogP contribution in [0.4, 0.5) is 0 Å². The highest BCUT2D eigenvalue weighted by molar-refractivity contribution is 7.80. The van der Waals surface area contributed by atoms with Crippen LogP contribution in [0.15, 0.2) is 0 Å². The summed E-state index contributed by atoms with van der Waals surface area (Å²) in [7, 11) is 0. The van der Waals surface area contributed by atoms with E-state index in [1.165, 1.54) is 38.8 Å². The van der Waals surface area contributed by atoms with E-state index in [4.69, 9.17) is 0 Å². The number of hydrogen-bond acceptors (Lipinski definition) is 2. The second-order valence-corrected chi connectivity index (χ2v) is 4.31. The van der Waals surface area contributed by atoms with E-state index in [1.807, 2.05) is 0 Å². The maximum atomic E-state index is 4.20. The Balaban J connectivity index is 3.28. The number of nitrogens with zero attached hydrogens (tertiary/aromatic N) is 1. The van der Waals surface area contributed by atoms with Gasteiger partial charge in [-0.1, -0.05) is 19.8 Å². The number of hydrogen-bond donors (Lipinski definition) is 1. The van der Waals surface area contributed by atoms with Gasteiger partial charge in [0.05, 0.1) is 0 Å². The summed E-state index contributed by atoms with van der Waals surface area (Å²) in [5.74, 6) is 1.04. The van der Waals surface area contributed by atoms with Crippen molar-refractivity contribution < 1.29 is 0 Å². The maximum Gasteiger partial charge on any atom is 0.00384 e. The highest BCUT2D eigenvalue weighted by atomic mass is 32.1. The molecule has 0 amide bonds. The van der Waals surface area contributed by atoms with Gasteiger partial charge in [-0.25, -0.2) is 0 Å². The fraction of sp³-hybridized carbons (Fsp3) is 1.00. The quantitative estimate of drug-likeness (QED) is 0.468. The SMILES string of the molecule is CCN(CCCCCCS)C(C)C. The van der Waals surface area contributed by atoms with Gasteiger partial charge in [0.1, 0.15) is 0 Å². The third-order valence-electron chi connectivity index (χ3n) is 2.49. The molecule has 0 saturated heterocycles. The molecule has 0 saturated carbocycles. The van der Waals surface area contributed by atoms with Crippen molar-refractivity contribution in [2.24, 2.45) is 0 Å². The molecule has 0 aliphatic rings. The van der Waals surface area contributed by atoms with Gasteiger partial charge < -0.3 is 4.90 Å². The first-order valence-corrected chi connectivity index (χ1v) is 6.20. The Hall–Kier alpha value is 0.310. The van der Waals surface area contributed by atoms with E-state index < -0.39 is 0 Å². The van der Waals surface area contributed by atoms with Gasteiger partial charge in [0.15, 0.2) is 0 Å². The molecule has 0 aliphatic heterocycles. The van der Waals surface area contributed by atoms with Crippen molar-refractivity contribution in [1.29, 1.82) is 0 Å². The lowest BCUT2D eigenvalue weighted by Crippen LogP contribution is -2.31. The van der Waals surface area contributed by atoms with E-state index >= 15 is 0 Å². The standard InChI is InChI=1S/C11H25NS/c1-4-12(11(2)3)9-7-5-6-8-10-13/h11,13H,4-10H2,1-3H3. The molecule has 0 heterocycles. The van der Waals surface area contributed by atoms with Crippen molar-refractivity contribution in [1.82, 2.24) is 4.90 Å². The predicted octanol–water partition coefficient (Wildman–Crippen LogP) is 3.21. The predicted molar refractivity (Wildman–Crippen MR) is 64.7 cm³/mol. The maximum absolute atomic E-state index is 4.20. The Kier molecular flexibility index (Phi) is 9.10. The fourth-order valence-electron chi connectivity index (χ4n) is 1.56. The molecule has 2 heteroatoms. The summed E-state index contributed by atoms with van der Waals surface area (Å²) in [5.41, 5.74) is 0. The first-order chi connectivity index (χ1) is 6.22. The summed E-state index contributed by atoms with van der Waals surface area (Å²) in [6.07, 6.45) is 5.33. The monoisotopic (exact) mass is 203 g/mol. The highest BCUT2D eigenvalue weighted by Gasteiger charge is 2.04. The molecule has 1 nitrogen and oxygen atoms in total. The minimum atomic E-state index is 0.704. The van der Waals surface area contributed by atoms with Crippen LogP contribution in [0, 0.1) is 0 Å². The summed E-state index contributed by atoms with van der Waals surface area (Å²) in [4.78, 5) is 2.53. The Labute approximate surface area is 89.3 Å². The van der Waals surface area contributed by atoms with Gasteiger partial charge in [0.25, 0.3) is 0 Å². The van der Waals surface area contributed by atoms with Gasteiger partial charge in [-0.15, -0.1) is 0 Å². The molecule has 13 heavy (non-hydrogen) atoms. The third kappa shape index (κ3) is 7.39. The number of unbranched alkanes of at least 4 members (excludes halogenated alkanes) is 3. The van der Waals surface area contributed by atoms with Gasteiger partial charge in [0, 0.05) is 6.04 Å². The molecule has 0 aliphatic carbocycles. The summed E-state index contributed by atoms with van der Waals surface area (Å²) in [6.45, 7) is 9.24. The molecule has 0 aromatic heterocycles. The zero-order chi connectivity index (χ0) is 10.1. The minimum Gasteiger partial charge on any atom is -0.301 e. The van der Waals surface area contributed by atoms with Crippen molar-refractivity contribution in [2.75, 3.05) is 18.8 Å². The average molecular weight is 203 g/mol. The summed E-state index contributed by atoms with van der Waals surface area (Å²) < 4.78 is 0. The van der Waals surface area contributed by atoms with Gasteiger partial charge >= 0.3 is 0 Å². The molecular formula is C11H25NS. The van der Waals surface area contributed by atoms with E-state index in [0.29, 0.717) is 6.04 Å². The molecule has 80 valence electrons. The van der Waals surface area contributed by atoms with Crippen LogP contribution in [0.5, 0.6) is 0 Å². The molecule has 0 atom stereocenters. The van der Waals surface area contributed by atoms with Crippen molar-refractivity contribution in [3.05, 3.63) is 0 Å². The smallest absolute Gasteiger partial charge is 0.00384 e. The molecular weight excluding hydrogens is 178 g/mol. The van der Waals surface area contributed by atoms with Crippen molar-refractivity contribution in [3.63, 3.8) is 0 Å². The molecule has 0 N–H and O–H groups in total. The van der Waals surface area contributed by atoms with Crippen LogP contribution in [0.25, 0.3) is 0 Å². The molecule has 0 unspecified atom stereocenters. The summed E-state index contributed by atoms with van der Waals surface area (Å²) in [5, 5.41) is 0. The highest BCUT2D eigenvalue weighted by Crippen LogP contribution is 2.05. The Morgan fingerprint density at radius 2 is 1.69 bits per heavy atom. The Bertz CT molecular complexity index is 104. The first-order valence-electron chi connectivity index (χ1n) is 5.57. The number of rotatable bonds is 8. The average Bonchev–Trinajstić information content (AvgIpc) is 2.10. The van der Waals surface area contributed by atoms with Crippen LogP contribution in [0.1, 0.15) is 46.5 Å². The zero-order valence-electron chi connectivity index (χ0n) is 9.42. The van der Waals surface area contributed by atoms with Crippen molar-refractivity contribution in [3.8, 4) is 0 Å². The van der Waals surface area contributed by atoms with Crippen molar-refractivity contribution >= 4 is 12.6 Å². The Morgan fingerprint density at radius 1 is 1.08 bits per heavy atom. The van der Waals surface area contributed by atoms with Crippen LogP contribution in [0.2, 0.25) is 0 Å². The lowest BCUT2D eigenvalue weighted by molar-refractivity contribution is 0.228.